The van der Waals surface area contributed by atoms with Crippen LogP contribution in [0.2, 0.25) is 0 Å². The number of anilines is 1. The number of benzene rings is 1. The molecule has 4 heteroatoms. The first-order valence-electron chi connectivity index (χ1n) is 6.82. The van der Waals surface area contributed by atoms with Crippen LogP contribution in [0.1, 0.15) is 17.5 Å². The largest absolute Gasteiger partial charge is 0.389 e. The van der Waals surface area contributed by atoms with Gasteiger partial charge in [0.15, 0.2) is 0 Å². The van der Waals surface area contributed by atoms with Crippen LogP contribution < -0.4 is 5.32 Å². The molecule has 1 aliphatic carbocycles. The summed E-state index contributed by atoms with van der Waals surface area (Å²) in [5.74, 6) is 0. The third kappa shape index (κ3) is 2.96. The SMILES string of the molecule is OC(CNc1ccc2c(c1)CCC2)Cn1cccn1. The zero-order valence-corrected chi connectivity index (χ0v) is 10.9. The highest BCUT2D eigenvalue weighted by Gasteiger charge is 2.11. The minimum Gasteiger partial charge on any atom is -0.389 e. The summed E-state index contributed by atoms with van der Waals surface area (Å²) in [5.41, 5.74) is 4.02. The lowest BCUT2D eigenvalue weighted by molar-refractivity contribution is 0.161. The Labute approximate surface area is 113 Å². The molecule has 0 amide bonds. The number of hydrogen-bond acceptors (Lipinski definition) is 3. The van der Waals surface area contributed by atoms with Crippen LogP contribution in [0.3, 0.4) is 0 Å². The van der Waals surface area contributed by atoms with Gasteiger partial charge in [-0.1, -0.05) is 6.07 Å². The summed E-state index contributed by atoms with van der Waals surface area (Å²) < 4.78 is 1.75. The van der Waals surface area contributed by atoms with Crippen molar-refractivity contribution in [2.75, 3.05) is 11.9 Å². The van der Waals surface area contributed by atoms with E-state index in [-0.39, 0.29) is 0 Å². The molecule has 1 atom stereocenters. The fraction of sp³-hybridized carbons (Fsp3) is 0.400. The van der Waals surface area contributed by atoms with E-state index in [2.05, 4.69) is 28.6 Å². The molecule has 19 heavy (non-hydrogen) atoms. The minimum atomic E-state index is -0.437. The first-order valence-corrected chi connectivity index (χ1v) is 6.82. The van der Waals surface area contributed by atoms with E-state index in [1.807, 2.05) is 12.3 Å². The van der Waals surface area contributed by atoms with Gasteiger partial charge in [-0.3, -0.25) is 4.68 Å². The zero-order chi connectivity index (χ0) is 13.1. The predicted octanol–water partition coefficient (Wildman–Crippen LogP) is 1.84. The van der Waals surface area contributed by atoms with Gasteiger partial charge in [-0.2, -0.15) is 5.10 Å². The molecule has 0 fully saturated rings. The van der Waals surface area contributed by atoms with Crippen molar-refractivity contribution in [1.29, 1.82) is 0 Å². The van der Waals surface area contributed by atoms with Gasteiger partial charge in [0.05, 0.1) is 12.6 Å². The number of hydrogen-bond donors (Lipinski definition) is 2. The Balaban J connectivity index is 1.54. The quantitative estimate of drug-likeness (QED) is 0.859. The average Bonchev–Trinajstić information content (AvgIpc) is 3.06. The van der Waals surface area contributed by atoms with Crippen molar-refractivity contribution < 1.29 is 5.11 Å². The van der Waals surface area contributed by atoms with Crippen LogP contribution in [0, 0.1) is 0 Å². The highest BCUT2D eigenvalue weighted by atomic mass is 16.3. The Morgan fingerprint density at radius 1 is 1.32 bits per heavy atom. The molecule has 3 rings (SSSR count). The second kappa shape index (κ2) is 5.45. The van der Waals surface area contributed by atoms with E-state index < -0.39 is 6.10 Å². The van der Waals surface area contributed by atoms with E-state index in [1.54, 1.807) is 10.9 Å². The molecule has 2 N–H and O–H groups in total. The van der Waals surface area contributed by atoms with Crippen LogP contribution in [-0.2, 0) is 19.4 Å². The monoisotopic (exact) mass is 257 g/mol. The maximum atomic E-state index is 9.95. The van der Waals surface area contributed by atoms with E-state index in [1.165, 1.54) is 30.4 Å². The summed E-state index contributed by atoms with van der Waals surface area (Å²) in [6.45, 7) is 1.06. The highest BCUT2D eigenvalue weighted by molar-refractivity contribution is 5.50. The Bertz CT molecular complexity index is 536. The maximum absolute atomic E-state index is 9.95. The molecule has 1 aliphatic rings. The second-order valence-corrected chi connectivity index (χ2v) is 5.10. The Morgan fingerprint density at radius 3 is 3.05 bits per heavy atom. The molecule has 0 radical (unpaired) electrons. The van der Waals surface area contributed by atoms with Gasteiger partial charge in [0.2, 0.25) is 0 Å². The third-order valence-electron chi connectivity index (χ3n) is 3.60. The fourth-order valence-electron chi connectivity index (χ4n) is 2.61. The standard InChI is InChI=1S/C15H19N3O/c19-15(11-18-8-2-7-17-18)10-16-14-6-5-12-3-1-4-13(12)9-14/h2,5-9,15-16,19H,1,3-4,10-11H2. The van der Waals surface area contributed by atoms with Crippen molar-refractivity contribution in [3.05, 3.63) is 47.8 Å². The molecule has 1 aromatic carbocycles. The first kappa shape index (κ1) is 12.2. The van der Waals surface area contributed by atoms with Gasteiger partial charge in [0, 0.05) is 24.6 Å². The van der Waals surface area contributed by atoms with Crippen LogP contribution in [-0.4, -0.2) is 27.5 Å². The van der Waals surface area contributed by atoms with Gasteiger partial charge in [-0.25, -0.2) is 0 Å². The van der Waals surface area contributed by atoms with E-state index in [9.17, 15) is 5.11 Å². The predicted molar refractivity (Wildman–Crippen MR) is 75.2 cm³/mol. The van der Waals surface area contributed by atoms with Gasteiger partial charge in [0.25, 0.3) is 0 Å². The Kier molecular flexibility index (Phi) is 3.51. The Morgan fingerprint density at radius 2 is 2.21 bits per heavy atom. The lowest BCUT2D eigenvalue weighted by Crippen LogP contribution is -2.25. The van der Waals surface area contributed by atoms with Gasteiger partial charge in [-0.15, -0.1) is 0 Å². The molecular formula is C15H19N3O. The van der Waals surface area contributed by atoms with Gasteiger partial charge < -0.3 is 10.4 Å². The van der Waals surface area contributed by atoms with Gasteiger partial charge >= 0.3 is 0 Å². The molecule has 1 heterocycles. The molecule has 0 spiro atoms. The minimum absolute atomic E-state index is 0.437. The normalized spacial score (nSPS) is 15.2. The molecule has 1 aromatic heterocycles. The van der Waals surface area contributed by atoms with Crippen molar-refractivity contribution in [3.63, 3.8) is 0 Å². The van der Waals surface area contributed by atoms with Crippen molar-refractivity contribution in [2.45, 2.75) is 31.9 Å². The summed E-state index contributed by atoms with van der Waals surface area (Å²) in [4.78, 5) is 0. The summed E-state index contributed by atoms with van der Waals surface area (Å²) in [6.07, 6.45) is 6.80. The Hall–Kier alpha value is -1.81. The fourth-order valence-corrected chi connectivity index (χ4v) is 2.61. The molecule has 2 aromatic rings. The highest BCUT2D eigenvalue weighted by Crippen LogP contribution is 2.24. The van der Waals surface area contributed by atoms with Crippen LogP contribution in [0.5, 0.6) is 0 Å². The number of rotatable bonds is 5. The third-order valence-corrected chi connectivity index (χ3v) is 3.60. The number of aliphatic hydroxyl groups excluding tert-OH is 1. The first-order chi connectivity index (χ1) is 9.31. The molecule has 100 valence electrons. The van der Waals surface area contributed by atoms with Crippen molar-refractivity contribution in [1.82, 2.24) is 9.78 Å². The van der Waals surface area contributed by atoms with E-state index in [0.29, 0.717) is 13.1 Å². The van der Waals surface area contributed by atoms with Crippen molar-refractivity contribution in [3.8, 4) is 0 Å². The van der Waals surface area contributed by atoms with E-state index >= 15 is 0 Å². The van der Waals surface area contributed by atoms with Crippen LogP contribution in [0.4, 0.5) is 5.69 Å². The van der Waals surface area contributed by atoms with Crippen LogP contribution >= 0.6 is 0 Å². The molecule has 0 saturated heterocycles. The number of aromatic nitrogens is 2. The summed E-state index contributed by atoms with van der Waals surface area (Å²) in [7, 11) is 0. The average molecular weight is 257 g/mol. The van der Waals surface area contributed by atoms with Crippen LogP contribution in [0.15, 0.2) is 36.7 Å². The molecule has 4 nitrogen and oxygen atoms in total. The molecule has 0 bridgehead atoms. The number of fused-ring (bicyclic) bond motifs is 1. The van der Waals surface area contributed by atoms with Crippen LogP contribution in [0.25, 0.3) is 0 Å². The van der Waals surface area contributed by atoms with Crippen molar-refractivity contribution >= 4 is 5.69 Å². The van der Waals surface area contributed by atoms with Gasteiger partial charge in [-0.05, 0) is 48.6 Å². The lowest BCUT2D eigenvalue weighted by Gasteiger charge is -2.13. The second-order valence-electron chi connectivity index (χ2n) is 5.10. The zero-order valence-electron chi connectivity index (χ0n) is 10.9. The summed E-state index contributed by atoms with van der Waals surface area (Å²) in [6, 6.07) is 8.37. The molecule has 1 unspecified atom stereocenters. The smallest absolute Gasteiger partial charge is 0.0907 e. The van der Waals surface area contributed by atoms with Gasteiger partial charge in [0.1, 0.15) is 0 Å². The topological polar surface area (TPSA) is 50.1 Å². The van der Waals surface area contributed by atoms with E-state index in [4.69, 9.17) is 0 Å². The lowest BCUT2D eigenvalue weighted by atomic mass is 10.1. The molecule has 0 saturated carbocycles. The maximum Gasteiger partial charge on any atom is 0.0907 e. The number of nitrogens with one attached hydrogen (secondary N) is 1. The van der Waals surface area contributed by atoms with Crippen molar-refractivity contribution in [2.24, 2.45) is 0 Å². The summed E-state index contributed by atoms with van der Waals surface area (Å²) >= 11 is 0. The van der Waals surface area contributed by atoms with E-state index in [0.717, 1.165) is 5.69 Å². The number of aliphatic hydroxyl groups is 1. The number of aryl methyl sites for hydroxylation is 2. The molecular weight excluding hydrogens is 238 g/mol. The summed E-state index contributed by atoms with van der Waals surface area (Å²) in [5, 5.41) is 17.3. The molecule has 0 aliphatic heterocycles. The number of nitrogens with zero attached hydrogens (tertiary/aromatic N) is 2.